The molecule has 6 nitrogen and oxygen atoms in total. The fourth-order valence-corrected chi connectivity index (χ4v) is 4.14. The Bertz CT molecular complexity index is 613. The van der Waals surface area contributed by atoms with Crippen LogP contribution in [-0.4, -0.2) is 48.1 Å². The summed E-state index contributed by atoms with van der Waals surface area (Å²) < 4.78 is 0. The van der Waals surface area contributed by atoms with Gasteiger partial charge in [0.2, 0.25) is 5.91 Å². The van der Waals surface area contributed by atoms with Gasteiger partial charge in [0.15, 0.2) is 0 Å². The maximum Gasteiger partial charge on any atom is 0.315 e. The van der Waals surface area contributed by atoms with E-state index >= 15 is 0 Å². The number of rotatable bonds is 4. The van der Waals surface area contributed by atoms with E-state index in [2.05, 4.69) is 22.8 Å². The lowest BCUT2D eigenvalue weighted by Crippen LogP contribution is -2.59. The van der Waals surface area contributed by atoms with E-state index in [1.165, 1.54) is 5.56 Å². The normalized spacial score (nSPS) is 25.0. The van der Waals surface area contributed by atoms with Gasteiger partial charge < -0.3 is 21.3 Å². The monoisotopic (exact) mass is 344 g/mol. The van der Waals surface area contributed by atoms with Crippen molar-refractivity contribution in [3.05, 3.63) is 35.9 Å². The molecule has 6 heteroatoms. The van der Waals surface area contributed by atoms with E-state index in [-0.39, 0.29) is 23.9 Å². The first-order valence-electron chi connectivity index (χ1n) is 9.21. The number of benzene rings is 1. The topological polar surface area (TPSA) is 87.5 Å². The minimum Gasteiger partial charge on any atom is -0.338 e. The highest BCUT2D eigenvalue weighted by Crippen LogP contribution is 2.34. The van der Waals surface area contributed by atoms with Gasteiger partial charge in [0.25, 0.3) is 0 Å². The van der Waals surface area contributed by atoms with Crippen LogP contribution in [0.1, 0.15) is 44.1 Å². The zero-order valence-electron chi connectivity index (χ0n) is 14.8. The van der Waals surface area contributed by atoms with Crippen molar-refractivity contribution in [1.82, 2.24) is 15.5 Å². The highest BCUT2D eigenvalue weighted by Gasteiger charge is 2.47. The van der Waals surface area contributed by atoms with E-state index < -0.39 is 5.54 Å². The predicted molar refractivity (Wildman–Crippen MR) is 97.1 cm³/mol. The van der Waals surface area contributed by atoms with Crippen molar-refractivity contribution in [3.63, 3.8) is 0 Å². The molecule has 2 atom stereocenters. The Kier molecular flexibility index (Phi) is 5.27. The van der Waals surface area contributed by atoms with Gasteiger partial charge in [-0.2, -0.15) is 0 Å². The Labute approximate surface area is 149 Å². The molecule has 2 fully saturated rings. The van der Waals surface area contributed by atoms with Crippen LogP contribution in [0, 0.1) is 0 Å². The lowest BCUT2D eigenvalue weighted by Gasteiger charge is -2.33. The number of nitrogens with one attached hydrogen (secondary N) is 2. The molecule has 1 aromatic carbocycles. The maximum atomic E-state index is 13.3. The van der Waals surface area contributed by atoms with Crippen molar-refractivity contribution in [3.8, 4) is 0 Å². The standard InChI is InChI=1S/C19H28N4O2/c1-2-21-18(25)22-19(10-6-7-11-19)17(24)23-12-15(16(20)13-23)14-8-4-3-5-9-14/h3-5,8-9,15-16H,2,6-7,10-13,20H2,1H3,(H2,21,22,25)/t15-,16+/m0/s1. The molecule has 0 spiro atoms. The van der Waals surface area contributed by atoms with Gasteiger partial charge in [-0.05, 0) is 25.3 Å². The third-order valence-corrected chi connectivity index (χ3v) is 5.44. The summed E-state index contributed by atoms with van der Waals surface area (Å²) in [7, 11) is 0. The summed E-state index contributed by atoms with van der Waals surface area (Å²) in [6, 6.07) is 9.78. The molecule has 0 aromatic heterocycles. The molecule has 3 rings (SSSR count). The number of nitrogens with zero attached hydrogens (tertiary/aromatic N) is 1. The van der Waals surface area contributed by atoms with Crippen molar-refractivity contribution in [2.75, 3.05) is 19.6 Å². The largest absolute Gasteiger partial charge is 0.338 e. The minimum absolute atomic E-state index is 0.0186. The predicted octanol–water partition coefficient (Wildman–Crippen LogP) is 1.57. The second-order valence-electron chi connectivity index (χ2n) is 7.16. The van der Waals surface area contributed by atoms with E-state index in [9.17, 15) is 9.59 Å². The minimum atomic E-state index is -0.773. The fourth-order valence-electron chi connectivity index (χ4n) is 4.14. The average Bonchev–Trinajstić information content (AvgIpc) is 3.23. The molecule has 25 heavy (non-hydrogen) atoms. The van der Waals surface area contributed by atoms with Gasteiger partial charge in [-0.15, -0.1) is 0 Å². The van der Waals surface area contributed by atoms with Gasteiger partial charge >= 0.3 is 6.03 Å². The van der Waals surface area contributed by atoms with Crippen molar-refractivity contribution in [1.29, 1.82) is 0 Å². The smallest absolute Gasteiger partial charge is 0.315 e. The summed E-state index contributed by atoms with van der Waals surface area (Å²) in [6.07, 6.45) is 3.32. The van der Waals surface area contributed by atoms with Gasteiger partial charge in [-0.1, -0.05) is 43.2 Å². The van der Waals surface area contributed by atoms with Crippen LogP contribution in [0.4, 0.5) is 4.79 Å². The van der Waals surface area contributed by atoms with Gasteiger partial charge in [0.05, 0.1) is 0 Å². The van der Waals surface area contributed by atoms with Gasteiger partial charge in [0, 0.05) is 31.6 Å². The first-order valence-corrected chi connectivity index (χ1v) is 9.21. The fraction of sp³-hybridized carbons (Fsp3) is 0.579. The summed E-state index contributed by atoms with van der Waals surface area (Å²) in [5.41, 5.74) is 6.73. The number of nitrogens with two attached hydrogens (primary N) is 1. The number of amides is 3. The van der Waals surface area contributed by atoms with Crippen LogP contribution in [0.25, 0.3) is 0 Å². The van der Waals surface area contributed by atoms with Gasteiger partial charge in [0.1, 0.15) is 5.54 Å². The molecule has 0 unspecified atom stereocenters. The lowest BCUT2D eigenvalue weighted by molar-refractivity contribution is -0.136. The van der Waals surface area contributed by atoms with Crippen LogP contribution in [0.2, 0.25) is 0 Å². The van der Waals surface area contributed by atoms with Crippen molar-refractivity contribution >= 4 is 11.9 Å². The molecule has 0 radical (unpaired) electrons. The Balaban J connectivity index is 1.74. The number of carbonyl (C=O) groups is 2. The molecule has 1 aliphatic heterocycles. The second kappa shape index (κ2) is 7.44. The molecule has 1 saturated carbocycles. The maximum absolute atomic E-state index is 13.3. The van der Waals surface area contributed by atoms with E-state index in [1.807, 2.05) is 30.0 Å². The Morgan fingerprint density at radius 1 is 1.20 bits per heavy atom. The molecule has 1 aromatic rings. The van der Waals surface area contributed by atoms with Crippen LogP contribution in [0.3, 0.4) is 0 Å². The van der Waals surface area contributed by atoms with E-state index in [1.54, 1.807) is 0 Å². The van der Waals surface area contributed by atoms with Crippen LogP contribution in [-0.2, 0) is 4.79 Å². The molecule has 136 valence electrons. The number of hydrogen-bond acceptors (Lipinski definition) is 3. The highest BCUT2D eigenvalue weighted by atomic mass is 16.2. The zero-order valence-corrected chi connectivity index (χ0v) is 14.8. The SMILES string of the molecule is CCNC(=O)NC1(C(=O)N2C[C@@H](N)[C@H](c3ccccc3)C2)CCCC1. The lowest BCUT2D eigenvalue weighted by atomic mass is 9.94. The first-order chi connectivity index (χ1) is 12.1. The zero-order chi connectivity index (χ0) is 17.9. The van der Waals surface area contributed by atoms with Crippen molar-refractivity contribution < 1.29 is 9.59 Å². The second-order valence-corrected chi connectivity index (χ2v) is 7.16. The van der Waals surface area contributed by atoms with E-state index in [0.29, 0.717) is 32.5 Å². The summed E-state index contributed by atoms with van der Waals surface area (Å²) in [5.74, 6) is 0.165. The average molecular weight is 344 g/mol. The Morgan fingerprint density at radius 2 is 1.88 bits per heavy atom. The van der Waals surface area contributed by atoms with Gasteiger partial charge in [-0.3, -0.25) is 4.79 Å². The molecular weight excluding hydrogens is 316 g/mol. The number of likely N-dealkylation sites (tertiary alicyclic amines) is 1. The molecule has 3 amide bonds. The highest BCUT2D eigenvalue weighted by molar-refractivity contribution is 5.91. The van der Waals surface area contributed by atoms with Crippen LogP contribution >= 0.6 is 0 Å². The number of carbonyl (C=O) groups excluding carboxylic acids is 2. The molecule has 1 aliphatic carbocycles. The van der Waals surface area contributed by atoms with E-state index in [4.69, 9.17) is 5.73 Å². The third-order valence-electron chi connectivity index (χ3n) is 5.44. The number of urea groups is 1. The van der Waals surface area contributed by atoms with Crippen LogP contribution in [0.15, 0.2) is 30.3 Å². The van der Waals surface area contributed by atoms with E-state index in [0.717, 1.165) is 12.8 Å². The summed E-state index contributed by atoms with van der Waals surface area (Å²) >= 11 is 0. The molecule has 0 bridgehead atoms. The summed E-state index contributed by atoms with van der Waals surface area (Å²) in [4.78, 5) is 27.2. The van der Waals surface area contributed by atoms with Crippen LogP contribution < -0.4 is 16.4 Å². The van der Waals surface area contributed by atoms with Crippen molar-refractivity contribution in [2.45, 2.75) is 50.1 Å². The summed E-state index contributed by atoms with van der Waals surface area (Å²) in [6.45, 7) is 3.56. The Hall–Kier alpha value is -2.08. The molecule has 2 aliphatic rings. The van der Waals surface area contributed by atoms with Crippen molar-refractivity contribution in [2.24, 2.45) is 5.73 Å². The third kappa shape index (κ3) is 3.63. The van der Waals surface area contributed by atoms with Gasteiger partial charge in [-0.25, -0.2) is 4.79 Å². The number of hydrogen-bond donors (Lipinski definition) is 3. The quantitative estimate of drug-likeness (QED) is 0.775. The molecule has 4 N–H and O–H groups in total. The molecule has 1 heterocycles. The first kappa shape index (κ1) is 17.7. The van der Waals surface area contributed by atoms with Crippen LogP contribution in [0.5, 0.6) is 0 Å². The molecule has 1 saturated heterocycles. The Morgan fingerprint density at radius 3 is 2.52 bits per heavy atom. The molecular formula is C19H28N4O2. The summed E-state index contributed by atoms with van der Waals surface area (Å²) in [5, 5.41) is 5.70.